The van der Waals surface area contributed by atoms with Crippen LogP contribution in [0.15, 0.2) is 54.6 Å². The number of nitrogens with two attached hydrogens (primary N) is 1. The van der Waals surface area contributed by atoms with Crippen molar-refractivity contribution in [2.75, 3.05) is 13.2 Å². The van der Waals surface area contributed by atoms with Gasteiger partial charge in [-0.05, 0) is 42.6 Å². The lowest BCUT2D eigenvalue weighted by Gasteiger charge is -2.15. The van der Waals surface area contributed by atoms with Gasteiger partial charge in [-0.15, -0.1) is 0 Å². The first kappa shape index (κ1) is 14.6. The number of hydrogen-bond acceptors (Lipinski definition) is 2. The minimum Gasteiger partial charge on any atom is -0.494 e. The molecular formula is C18H23NO. The predicted molar refractivity (Wildman–Crippen MR) is 84.2 cm³/mol. The summed E-state index contributed by atoms with van der Waals surface area (Å²) < 4.78 is 5.60. The summed E-state index contributed by atoms with van der Waals surface area (Å²) >= 11 is 0. The minimum absolute atomic E-state index is 0.374. The Morgan fingerprint density at radius 3 is 2.30 bits per heavy atom. The highest BCUT2D eigenvalue weighted by atomic mass is 16.5. The molecule has 0 amide bonds. The van der Waals surface area contributed by atoms with E-state index in [0.717, 1.165) is 25.2 Å². The van der Waals surface area contributed by atoms with Crippen LogP contribution in [0.25, 0.3) is 0 Å². The fourth-order valence-corrected chi connectivity index (χ4v) is 2.29. The Morgan fingerprint density at radius 1 is 1.00 bits per heavy atom. The Balaban J connectivity index is 2.01. The monoisotopic (exact) mass is 269 g/mol. The fraction of sp³-hybridized carbons (Fsp3) is 0.333. The van der Waals surface area contributed by atoms with Crippen molar-refractivity contribution in [3.05, 3.63) is 65.7 Å². The van der Waals surface area contributed by atoms with Gasteiger partial charge < -0.3 is 10.5 Å². The molecule has 0 bridgehead atoms. The third kappa shape index (κ3) is 4.10. The number of benzene rings is 2. The van der Waals surface area contributed by atoms with E-state index in [-0.39, 0.29) is 0 Å². The summed E-state index contributed by atoms with van der Waals surface area (Å²) in [4.78, 5) is 0. The quantitative estimate of drug-likeness (QED) is 0.830. The molecule has 0 aliphatic heterocycles. The van der Waals surface area contributed by atoms with Gasteiger partial charge in [0, 0.05) is 5.92 Å². The van der Waals surface area contributed by atoms with E-state index in [1.165, 1.54) is 11.1 Å². The molecule has 0 aliphatic rings. The van der Waals surface area contributed by atoms with Crippen LogP contribution < -0.4 is 10.5 Å². The maximum Gasteiger partial charge on any atom is 0.119 e. The van der Waals surface area contributed by atoms with Crippen molar-refractivity contribution in [3.63, 3.8) is 0 Å². The van der Waals surface area contributed by atoms with E-state index >= 15 is 0 Å². The highest BCUT2D eigenvalue weighted by molar-refractivity contribution is 5.30. The Labute approximate surface area is 121 Å². The van der Waals surface area contributed by atoms with Crippen LogP contribution in [0.5, 0.6) is 5.75 Å². The van der Waals surface area contributed by atoms with Crippen LogP contribution in [-0.4, -0.2) is 13.2 Å². The third-order valence-electron chi connectivity index (χ3n) is 3.43. The van der Waals surface area contributed by atoms with Gasteiger partial charge in [0.05, 0.1) is 6.61 Å². The predicted octanol–water partition coefficient (Wildman–Crippen LogP) is 3.76. The Bertz CT molecular complexity index is 493. The lowest BCUT2D eigenvalue weighted by Crippen LogP contribution is -2.14. The van der Waals surface area contributed by atoms with E-state index in [1.807, 2.05) is 18.2 Å². The molecule has 0 saturated carbocycles. The molecule has 2 rings (SSSR count). The van der Waals surface area contributed by atoms with Gasteiger partial charge in [-0.3, -0.25) is 0 Å². The molecule has 0 aromatic heterocycles. The summed E-state index contributed by atoms with van der Waals surface area (Å²) in [6.45, 7) is 3.55. The van der Waals surface area contributed by atoms with Gasteiger partial charge in [-0.25, -0.2) is 0 Å². The maximum absolute atomic E-state index is 5.92. The van der Waals surface area contributed by atoms with Gasteiger partial charge in [0.1, 0.15) is 5.75 Å². The summed E-state index contributed by atoms with van der Waals surface area (Å²) in [6, 6.07) is 18.8. The van der Waals surface area contributed by atoms with Gasteiger partial charge >= 0.3 is 0 Å². The molecule has 0 spiro atoms. The molecule has 0 heterocycles. The minimum atomic E-state index is 0.374. The van der Waals surface area contributed by atoms with Crippen LogP contribution in [0.4, 0.5) is 0 Å². The molecule has 1 atom stereocenters. The second-order valence-corrected chi connectivity index (χ2v) is 5.04. The number of hydrogen-bond donors (Lipinski definition) is 1. The molecule has 2 aromatic carbocycles. The van der Waals surface area contributed by atoms with Crippen LogP contribution in [0.3, 0.4) is 0 Å². The van der Waals surface area contributed by atoms with E-state index in [2.05, 4.69) is 43.3 Å². The van der Waals surface area contributed by atoms with Crippen molar-refractivity contribution < 1.29 is 4.74 Å². The zero-order valence-corrected chi connectivity index (χ0v) is 12.1. The molecule has 1 unspecified atom stereocenters. The van der Waals surface area contributed by atoms with E-state index in [9.17, 15) is 0 Å². The van der Waals surface area contributed by atoms with Gasteiger partial charge in [0.15, 0.2) is 0 Å². The van der Waals surface area contributed by atoms with E-state index < -0.39 is 0 Å². The van der Waals surface area contributed by atoms with Crippen LogP contribution in [0.2, 0.25) is 0 Å². The molecule has 0 aliphatic carbocycles. The highest BCUT2D eigenvalue weighted by Crippen LogP contribution is 2.21. The molecule has 2 N–H and O–H groups in total. The number of ether oxygens (including phenoxy) is 1. The molecule has 106 valence electrons. The molecule has 0 radical (unpaired) electrons. The Kier molecular flexibility index (Phi) is 5.63. The van der Waals surface area contributed by atoms with Crippen molar-refractivity contribution in [1.82, 2.24) is 0 Å². The maximum atomic E-state index is 5.92. The van der Waals surface area contributed by atoms with Crippen LogP contribution in [0.1, 0.15) is 30.4 Å². The molecule has 2 aromatic rings. The van der Waals surface area contributed by atoms with E-state index in [1.54, 1.807) is 0 Å². The first-order valence-corrected chi connectivity index (χ1v) is 7.30. The summed E-state index contributed by atoms with van der Waals surface area (Å²) in [5, 5.41) is 0. The summed E-state index contributed by atoms with van der Waals surface area (Å²) in [6.07, 6.45) is 2.00. The van der Waals surface area contributed by atoms with E-state index in [4.69, 9.17) is 10.5 Å². The molecular weight excluding hydrogens is 246 g/mol. The Hall–Kier alpha value is -1.80. The van der Waals surface area contributed by atoms with Gasteiger partial charge in [-0.2, -0.15) is 0 Å². The largest absolute Gasteiger partial charge is 0.494 e. The lowest BCUT2D eigenvalue weighted by atomic mass is 9.92. The molecule has 0 saturated heterocycles. The lowest BCUT2D eigenvalue weighted by molar-refractivity contribution is 0.317. The van der Waals surface area contributed by atoms with Gasteiger partial charge in [-0.1, -0.05) is 49.4 Å². The third-order valence-corrected chi connectivity index (χ3v) is 3.43. The van der Waals surface area contributed by atoms with Crippen molar-refractivity contribution in [2.24, 2.45) is 5.73 Å². The topological polar surface area (TPSA) is 35.2 Å². The first-order chi connectivity index (χ1) is 9.83. The molecule has 2 heteroatoms. The van der Waals surface area contributed by atoms with Crippen molar-refractivity contribution >= 4 is 0 Å². The summed E-state index contributed by atoms with van der Waals surface area (Å²) in [7, 11) is 0. The molecule has 0 fully saturated rings. The van der Waals surface area contributed by atoms with Crippen molar-refractivity contribution in [2.45, 2.75) is 25.7 Å². The Morgan fingerprint density at radius 2 is 1.70 bits per heavy atom. The zero-order valence-electron chi connectivity index (χ0n) is 12.1. The van der Waals surface area contributed by atoms with Crippen molar-refractivity contribution in [3.8, 4) is 5.75 Å². The van der Waals surface area contributed by atoms with Crippen LogP contribution in [0, 0.1) is 0 Å². The smallest absolute Gasteiger partial charge is 0.119 e. The zero-order chi connectivity index (χ0) is 14.2. The van der Waals surface area contributed by atoms with Gasteiger partial charge in [0.2, 0.25) is 0 Å². The number of rotatable bonds is 7. The standard InChI is InChI=1S/C18H23NO/c1-2-12-20-18-10-8-15(9-11-18)13-17(14-19)16-6-4-3-5-7-16/h3-11,17H,2,12-14,19H2,1H3. The molecule has 2 nitrogen and oxygen atoms in total. The summed E-state index contributed by atoms with van der Waals surface area (Å²) in [5.74, 6) is 1.32. The SMILES string of the molecule is CCCOc1ccc(CC(CN)c2ccccc2)cc1. The van der Waals surface area contributed by atoms with Gasteiger partial charge in [0.25, 0.3) is 0 Å². The second kappa shape index (κ2) is 7.71. The average Bonchev–Trinajstić information content (AvgIpc) is 2.52. The highest BCUT2D eigenvalue weighted by Gasteiger charge is 2.10. The first-order valence-electron chi connectivity index (χ1n) is 7.30. The fourth-order valence-electron chi connectivity index (χ4n) is 2.29. The van der Waals surface area contributed by atoms with Crippen LogP contribution >= 0.6 is 0 Å². The van der Waals surface area contributed by atoms with Crippen LogP contribution in [-0.2, 0) is 6.42 Å². The normalized spacial score (nSPS) is 12.1. The average molecular weight is 269 g/mol. The molecule has 20 heavy (non-hydrogen) atoms. The van der Waals surface area contributed by atoms with E-state index in [0.29, 0.717) is 12.5 Å². The van der Waals surface area contributed by atoms with Crippen molar-refractivity contribution in [1.29, 1.82) is 0 Å². The summed E-state index contributed by atoms with van der Waals surface area (Å²) in [5.41, 5.74) is 8.53. The second-order valence-electron chi connectivity index (χ2n) is 5.04.